The minimum absolute atomic E-state index is 0.0380. The molecular weight excluding hydrogens is 521 g/mol. The summed E-state index contributed by atoms with van der Waals surface area (Å²) >= 11 is 0. The monoisotopic (exact) mass is 556 g/mol. The number of aromatic nitrogens is 2. The zero-order valence-corrected chi connectivity index (χ0v) is 22.8. The van der Waals surface area contributed by atoms with Gasteiger partial charge in [0, 0.05) is 36.0 Å². The normalized spacial score (nSPS) is 20.5. The largest absolute Gasteiger partial charge is 0.416 e. The fraction of sp³-hybridized carbons (Fsp3) is 0.577. The Morgan fingerprint density at radius 3 is 2.50 bits per heavy atom. The molecule has 2 amide bonds. The fourth-order valence-electron chi connectivity index (χ4n) is 4.79. The summed E-state index contributed by atoms with van der Waals surface area (Å²) in [5.41, 5.74) is -1.17. The van der Waals surface area contributed by atoms with Crippen molar-refractivity contribution in [2.45, 2.75) is 76.4 Å². The highest BCUT2D eigenvalue weighted by molar-refractivity contribution is 7.91. The lowest BCUT2D eigenvalue weighted by Gasteiger charge is -2.38. The molecule has 2 N–H and O–H groups in total. The van der Waals surface area contributed by atoms with Crippen molar-refractivity contribution in [2.24, 2.45) is 5.92 Å². The predicted octanol–water partition coefficient (Wildman–Crippen LogP) is 4.10. The van der Waals surface area contributed by atoms with Crippen LogP contribution in [0.15, 0.2) is 36.7 Å². The van der Waals surface area contributed by atoms with Crippen LogP contribution in [0.5, 0.6) is 0 Å². The van der Waals surface area contributed by atoms with Gasteiger partial charge < -0.3 is 15.2 Å². The first-order valence-corrected chi connectivity index (χ1v) is 14.4. The van der Waals surface area contributed by atoms with Gasteiger partial charge in [0.25, 0.3) is 5.91 Å². The number of hydrogen-bond acceptors (Lipinski definition) is 5. The number of nitrogens with zero attached hydrogens (tertiary/aromatic N) is 2. The Balaban J connectivity index is 1.68. The summed E-state index contributed by atoms with van der Waals surface area (Å²) in [5, 5.41) is 4.64. The maximum Gasteiger partial charge on any atom is 0.416 e. The summed E-state index contributed by atoms with van der Waals surface area (Å²) in [6.45, 7) is 6.88. The number of nitrogens with one attached hydrogen (secondary N) is 2. The van der Waals surface area contributed by atoms with Crippen LogP contribution in [0.4, 0.5) is 13.2 Å². The van der Waals surface area contributed by atoms with E-state index in [2.05, 4.69) is 20.2 Å². The molecule has 2 aromatic rings. The Bertz CT molecular complexity index is 1240. The maximum absolute atomic E-state index is 12.9. The van der Waals surface area contributed by atoms with E-state index in [1.165, 1.54) is 6.07 Å². The molecule has 1 saturated carbocycles. The lowest BCUT2D eigenvalue weighted by Crippen LogP contribution is -2.49. The Hall–Kier alpha value is -2.89. The van der Waals surface area contributed by atoms with Crippen molar-refractivity contribution in [1.29, 1.82) is 0 Å². The van der Waals surface area contributed by atoms with E-state index in [-0.39, 0.29) is 29.2 Å². The molecule has 1 aliphatic rings. The number of halogens is 3. The highest BCUT2D eigenvalue weighted by Crippen LogP contribution is 2.36. The fourth-order valence-corrected chi connectivity index (χ4v) is 6.14. The van der Waals surface area contributed by atoms with Gasteiger partial charge in [0.2, 0.25) is 5.91 Å². The summed E-state index contributed by atoms with van der Waals surface area (Å²) in [7, 11) is -3.40. The number of amides is 2. The topological polar surface area (TPSA) is 110 Å². The van der Waals surface area contributed by atoms with E-state index in [0.717, 1.165) is 24.0 Å². The van der Waals surface area contributed by atoms with E-state index >= 15 is 0 Å². The standard InChI is InChI=1S/C26H35F3N4O4S/c1-16(2)24-30-10-11-33(24)21-8-9-22(19(13-21)15-38(36,37)17(3)4)32-23(34)14-31-25(35)18-6-5-7-20(12-18)26(27,28)29/h5-7,10-12,16-17,19,21-22H,8-9,13-15H2,1-4H3,(H,31,35)(H,32,34)/t19-,21+,22-/m0/s1. The molecule has 1 fully saturated rings. The van der Waals surface area contributed by atoms with Gasteiger partial charge in [-0.1, -0.05) is 19.9 Å². The second kappa shape index (κ2) is 11.9. The van der Waals surface area contributed by atoms with Gasteiger partial charge in [-0.15, -0.1) is 0 Å². The third-order valence-corrected chi connectivity index (χ3v) is 9.26. The van der Waals surface area contributed by atoms with Crippen molar-refractivity contribution >= 4 is 21.7 Å². The number of hydrogen-bond donors (Lipinski definition) is 2. The van der Waals surface area contributed by atoms with Crippen molar-refractivity contribution in [3.63, 3.8) is 0 Å². The van der Waals surface area contributed by atoms with Gasteiger partial charge in [0.15, 0.2) is 9.84 Å². The SMILES string of the molecule is CC(C)c1nccn1[C@@H]1CC[C@H](NC(=O)CNC(=O)c2cccc(C(F)(F)F)c2)[C@H](CS(=O)(=O)C(C)C)C1. The molecule has 3 rings (SSSR count). The van der Waals surface area contributed by atoms with Crippen LogP contribution in [0.25, 0.3) is 0 Å². The minimum atomic E-state index is -4.59. The number of benzene rings is 1. The van der Waals surface area contributed by atoms with Crippen LogP contribution >= 0.6 is 0 Å². The first-order valence-electron chi connectivity index (χ1n) is 12.7. The van der Waals surface area contributed by atoms with Crippen LogP contribution in [0.1, 0.15) is 80.7 Å². The molecule has 0 aliphatic heterocycles. The van der Waals surface area contributed by atoms with Crippen molar-refractivity contribution in [2.75, 3.05) is 12.3 Å². The van der Waals surface area contributed by atoms with Gasteiger partial charge >= 0.3 is 6.18 Å². The molecule has 0 radical (unpaired) electrons. The van der Waals surface area contributed by atoms with Crippen LogP contribution in [0, 0.1) is 5.92 Å². The number of imidazole rings is 1. The van der Waals surface area contributed by atoms with E-state index in [1.54, 1.807) is 20.0 Å². The quantitative estimate of drug-likeness (QED) is 0.483. The van der Waals surface area contributed by atoms with Crippen LogP contribution in [0.3, 0.4) is 0 Å². The summed E-state index contributed by atoms with van der Waals surface area (Å²) in [5.74, 6) is -0.678. The van der Waals surface area contributed by atoms with E-state index in [9.17, 15) is 31.2 Å². The molecule has 0 spiro atoms. The lowest BCUT2D eigenvalue weighted by molar-refractivity contribution is -0.137. The third kappa shape index (κ3) is 7.36. The molecule has 1 aliphatic carbocycles. The Kier molecular flexibility index (Phi) is 9.27. The minimum Gasteiger partial charge on any atom is -0.352 e. The van der Waals surface area contributed by atoms with E-state index < -0.39 is 51.2 Å². The van der Waals surface area contributed by atoms with Crippen LogP contribution in [0.2, 0.25) is 0 Å². The summed E-state index contributed by atoms with van der Waals surface area (Å²) in [4.78, 5) is 29.5. The van der Waals surface area contributed by atoms with Gasteiger partial charge in [0.05, 0.1) is 23.1 Å². The highest BCUT2D eigenvalue weighted by Gasteiger charge is 2.37. The lowest BCUT2D eigenvalue weighted by atomic mass is 9.82. The molecule has 1 aromatic carbocycles. The van der Waals surface area contributed by atoms with Gasteiger partial charge in [-0.2, -0.15) is 13.2 Å². The molecule has 210 valence electrons. The molecule has 8 nitrogen and oxygen atoms in total. The smallest absolute Gasteiger partial charge is 0.352 e. The number of rotatable bonds is 9. The molecule has 0 bridgehead atoms. The van der Waals surface area contributed by atoms with Crippen molar-refractivity contribution in [3.8, 4) is 0 Å². The van der Waals surface area contributed by atoms with E-state index in [1.807, 2.05) is 20.0 Å². The van der Waals surface area contributed by atoms with E-state index in [4.69, 9.17) is 0 Å². The predicted molar refractivity (Wildman–Crippen MR) is 137 cm³/mol. The molecular formula is C26H35F3N4O4S. The van der Waals surface area contributed by atoms with Crippen molar-refractivity contribution in [1.82, 2.24) is 20.2 Å². The summed E-state index contributed by atoms with van der Waals surface area (Å²) in [6.07, 6.45) is 0.808. The molecule has 12 heteroatoms. The summed E-state index contributed by atoms with van der Waals surface area (Å²) < 4.78 is 66.5. The average molecular weight is 557 g/mol. The van der Waals surface area contributed by atoms with Gasteiger partial charge in [0.1, 0.15) is 5.82 Å². The second-order valence-electron chi connectivity index (χ2n) is 10.4. The number of carbonyl (C=O) groups excluding carboxylic acids is 2. The third-order valence-electron chi connectivity index (χ3n) is 6.94. The highest BCUT2D eigenvalue weighted by atomic mass is 32.2. The molecule has 1 aromatic heterocycles. The maximum atomic E-state index is 12.9. The van der Waals surface area contributed by atoms with Gasteiger partial charge in [-0.3, -0.25) is 9.59 Å². The Morgan fingerprint density at radius 2 is 1.87 bits per heavy atom. The Labute approximate surface area is 221 Å². The van der Waals surface area contributed by atoms with Crippen LogP contribution in [-0.2, 0) is 20.8 Å². The first kappa shape index (κ1) is 29.7. The molecule has 38 heavy (non-hydrogen) atoms. The summed E-state index contributed by atoms with van der Waals surface area (Å²) in [6, 6.07) is 3.56. The van der Waals surface area contributed by atoms with Gasteiger partial charge in [-0.05, 0) is 57.2 Å². The van der Waals surface area contributed by atoms with E-state index in [0.29, 0.717) is 19.3 Å². The average Bonchev–Trinajstić information content (AvgIpc) is 3.33. The molecule has 1 heterocycles. The molecule has 0 saturated heterocycles. The van der Waals surface area contributed by atoms with Crippen LogP contribution in [-0.4, -0.2) is 53.4 Å². The number of sulfone groups is 1. The number of alkyl halides is 3. The molecule has 0 unspecified atom stereocenters. The zero-order valence-electron chi connectivity index (χ0n) is 22.0. The second-order valence-corrected chi connectivity index (χ2v) is 13.0. The zero-order chi connectivity index (χ0) is 28.3. The Morgan fingerprint density at radius 1 is 1.16 bits per heavy atom. The van der Waals surface area contributed by atoms with Gasteiger partial charge in [-0.25, -0.2) is 13.4 Å². The first-order chi connectivity index (χ1) is 17.7. The number of carbonyl (C=O) groups is 2. The van der Waals surface area contributed by atoms with Crippen molar-refractivity contribution in [3.05, 3.63) is 53.6 Å². The molecule has 3 atom stereocenters. The van der Waals surface area contributed by atoms with Crippen LogP contribution < -0.4 is 10.6 Å². The van der Waals surface area contributed by atoms with Crippen molar-refractivity contribution < 1.29 is 31.2 Å².